The maximum absolute atomic E-state index is 14.7. The molecule has 0 saturated carbocycles. The Morgan fingerprint density at radius 2 is 1.92 bits per heavy atom. The van der Waals surface area contributed by atoms with Gasteiger partial charge in [0.2, 0.25) is 5.91 Å². The number of halogens is 2. The maximum atomic E-state index is 14.7. The van der Waals surface area contributed by atoms with Gasteiger partial charge in [-0.2, -0.15) is 0 Å². The lowest BCUT2D eigenvalue weighted by molar-refractivity contribution is -0.133. The van der Waals surface area contributed by atoms with Gasteiger partial charge in [-0.3, -0.25) is 9.69 Å². The summed E-state index contributed by atoms with van der Waals surface area (Å²) in [6.45, 7) is 1.71. The summed E-state index contributed by atoms with van der Waals surface area (Å²) in [5.41, 5.74) is 2.74. The van der Waals surface area contributed by atoms with Crippen molar-refractivity contribution in [2.24, 2.45) is 0 Å². The van der Waals surface area contributed by atoms with Crippen molar-refractivity contribution in [1.29, 1.82) is 0 Å². The van der Waals surface area contributed by atoms with Gasteiger partial charge in [0, 0.05) is 30.8 Å². The smallest absolute Gasteiger partial charge is 0.237 e. The summed E-state index contributed by atoms with van der Waals surface area (Å²) >= 11 is 0. The van der Waals surface area contributed by atoms with E-state index >= 15 is 0 Å². The quantitative estimate of drug-likeness (QED) is 0.432. The highest BCUT2D eigenvalue weighted by Gasteiger charge is 2.34. The van der Waals surface area contributed by atoms with Crippen LogP contribution in [0.15, 0.2) is 66.7 Å². The van der Waals surface area contributed by atoms with Crippen LogP contribution in [0.1, 0.15) is 41.9 Å². The van der Waals surface area contributed by atoms with Crippen LogP contribution in [0.25, 0.3) is 11.0 Å². The van der Waals surface area contributed by atoms with E-state index in [1.807, 2.05) is 34.1 Å². The summed E-state index contributed by atoms with van der Waals surface area (Å²) in [4.78, 5) is 25.3. The van der Waals surface area contributed by atoms with Gasteiger partial charge in [0.25, 0.3) is 0 Å². The minimum atomic E-state index is -0.540. The number of nitrogens with one attached hydrogen (secondary N) is 1. The summed E-state index contributed by atoms with van der Waals surface area (Å²) in [5.74, 6) is 0.708. The number of benzene rings is 3. The molecule has 0 radical (unpaired) electrons. The third kappa shape index (κ3) is 4.33. The summed E-state index contributed by atoms with van der Waals surface area (Å²) in [5, 5.41) is 0. The molecule has 0 spiro atoms. The number of H-pyrrole nitrogens is 1. The molecule has 1 amide bonds. The van der Waals surface area contributed by atoms with E-state index in [0.29, 0.717) is 47.8 Å². The first-order valence-corrected chi connectivity index (χ1v) is 12.2. The van der Waals surface area contributed by atoms with Crippen LogP contribution < -0.4 is 4.74 Å². The Bertz CT molecular complexity index is 1420. The molecule has 1 fully saturated rings. The van der Waals surface area contributed by atoms with Gasteiger partial charge in [0.05, 0.1) is 23.6 Å². The zero-order chi connectivity index (χ0) is 24.6. The van der Waals surface area contributed by atoms with E-state index in [1.54, 1.807) is 24.3 Å². The monoisotopic (exact) mass is 488 g/mol. The zero-order valence-electron chi connectivity index (χ0n) is 19.7. The standard InChI is InChI=1S/C28H26F2N4O2/c29-19-11-12-22-23(14-19)32-28(31-22)24-9-5-13-34(24)27(35)17-33-15-18-6-1-4-10-25(18)36-26(16-33)20-7-2-3-8-21(20)30/h1-4,6-8,10-12,14,24,26H,5,9,13,15-17H2,(H,31,32)/t24-,26+/m0/s1. The lowest BCUT2D eigenvalue weighted by Crippen LogP contribution is -2.41. The third-order valence-electron chi connectivity index (χ3n) is 7.02. The van der Waals surface area contributed by atoms with E-state index in [1.165, 1.54) is 18.2 Å². The van der Waals surface area contributed by atoms with E-state index in [0.717, 1.165) is 18.4 Å². The first-order valence-electron chi connectivity index (χ1n) is 12.2. The lowest BCUT2D eigenvalue weighted by Gasteiger charge is -2.28. The average Bonchev–Trinajstić information content (AvgIpc) is 3.47. The first-order chi connectivity index (χ1) is 17.5. The van der Waals surface area contributed by atoms with Gasteiger partial charge < -0.3 is 14.6 Å². The molecule has 8 heteroatoms. The van der Waals surface area contributed by atoms with Crippen molar-refractivity contribution >= 4 is 16.9 Å². The number of nitrogens with zero attached hydrogens (tertiary/aromatic N) is 3. The number of carbonyl (C=O) groups is 1. The number of imidazole rings is 1. The van der Waals surface area contributed by atoms with E-state index in [-0.39, 0.29) is 30.1 Å². The largest absolute Gasteiger partial charge is 0.484 e. The van der Waals surface area contributed by atoms with Crippen molar-refractivity contribution in [2.45, 2.75) is 31.5 Å². The minimum absolute atomic E-state index is 0.0178. The Balaban J connectivity index is 1.25. The van der Waals surface area contributed by atoms with Gasteiger partial charge in [-0.25, -0.2) is 13.8 Å². The van der Waals surface area contributed by atoms with E-state index in [4.69, 9.17) is 4.74 Å². The van der Waals surface area contributed by atoms with E-state index < -0.39 is 6.10 Å². The SMILES string of the molecule is O=C(CN1Cc2ccccc2O[C@@H](c2ccccc2F)C1)N1CCC[C@H]1c1nc2ccc(F)cc2[nH]1. The fraction of sp³-hybridized carbons (Fsp3) is 0.286. The topological polar surface area (TPSA) is 61.5 Å². The van der Waals surface area contributed by atoms with Crippen molar-refractivity contribution in [3.63, 3.8) is 0 Å². The Labute approximate surface area is 207 Å². The average molecular weight is 489 g/mol. The molecule has 6 rings (SSSR count). The molecule has 0 bridgehead atoms. The number of carbonyl (C=O) groups excluding carboxylic acids is 1. The van der Waals surface area contributed by atoms with Crippen LogP contribution in [-0.2, 0) is 11.3 Å². The number of aromatic nitrogens is 2. The Kier molecular flexibility index (Phi) is 5.89. The fourth-order valence-corrected chi connectivity index (χ4v) is 5.29. The molecule has 0 unspecified atom stereocenters. The number of hydrogen-bond acceptors (Lipinski definition) is 4. The third-order valence-corrected chi connectivity index (χ3v) is 7.02. The highest BCUT2D eigenvalue weighted by atomic mass is 19.1. The zero-order valence-corrected chi connectivity index (χ0v) is 19.7. The summed E-state index contributed by atoms with van der Waals surface area (Å²) in [7, 11) is 0. The van der Waals surface area contributed by atoms with Crippen LogP contribution in [0.3, 0.4) is 0 Å². The van der Waals surface area contributed by atoms with Crippen LogP contribution in [0, 0.1) is 11.6 Å². The number of likely N-dealkylation sites (tertiary alicyclic amines) is 1. The predicted molar refractivity (Wildman–Crippen MR) is 131 cm³/mol. The minimum Gasteiger partial charge on any atom is -0.484 e. The van der Waals surface area contributed by atoms with Crippen molar-refractivity contribution in [2.75, 3.05) is 19.6 Å². The second kappa shape index (κ2) is 9.35. The molecule has 0 aliphatic carbocycles. The number of fused-ring (bicyclic) bond motifs is 2. The van der Waals surface area contributed by atoms with Gasteiger partial charge in [0.15, 0.2) is 0 Å². The van der Waals surface area contributed by atoms with Crippen LogP contribution >= 0.6 is 0 Å². The molecular weight excluding hydrogens is 462 g/mol. The van der Waals surface area contributed by atoms with Crippen LogP contribution in [0.5, 0.6) is 5.75 Å². The molecule has 1 aromatic heterocycles. The molecule has 36 heavy (non-hydrogen) atoms. The Morgan fingerprint density at radius 1 is 1.08 bits per heavy atom. The van der Waals surface area contributed by atoms with E-state index in [2.05, 4.69) is 9.97 Å². The number of hydrogen-bond donors (Lipinski definition) is 1. The molecular formula is C28H26F2N4O2. The summed E-state index contributed by atoms with van der Waals surface area (Å²) < 4.78 is 34.6. The number of amides is 1. The first kappa shape index (κ1) is 22.7. The maximum Gasteiger partial charge on any atom is 0.237 e. The van der Waals surface area contributed by atoms with Crippen LogP contribution in [-0.4, -0.2) is 45.3 Å². The molecule has 3 heterocycles. The Hall–Kier alpha value is -3.78. The lowest BCUT2D eigenvalue weighted by atomic mass is 10.1. The number of aromatic amines is 1. The van der Waals surface area contributed by atoms with Crippen LogP contribution in [0.2, 0.25) is 0 Å². The molecule has 184 valence electrons. The molecule has 2 aliphatic heterocycles. The van der Waals surface area contributed by atoms with Gasteiger partial charge in [-0.05, 0) is 43.2 Å². The molecule has 2 aliphatic rings. The second-order valence-electron chi connectivity index (χ2n) is 9.43. The van der Waals surface area contributed by atoms with Gasteiger partial charge >= 0.3 is 0 Å². The fourth-order valence-electron chi connectivity index (χ4n) is 5.29. The van der Waals surface area contributed by atoms with Gasteiger partial charge in [-0.15, -0.1) is 0 Å². The second-order valence-corrected chi connectivity index (χ2v) is 9.43. The summed E-state index contributed by atoms with van der Waals surface area (Å²) in [6.07, 6.45) is 1.12. The highest BCUT2D eigenvalue weighted by molar-refractivity contribution is 5.79. The van der Waals surface area contributed by atoms with Crippen molar-refractivity contribution in [3.8, 4) is 5.75 Å². The predicted octanol–water partition coefficient (Wildman–Crippen LogP) is 5.14. The van der Waals surface area contributed by atoms with Gasteiger partial charge in [0.1, 0.15) is 29.3 Å². The van der Waals surface area contributed by atoms with E-state index in [9.17, 15) is 13.6 Å². The van der Waals surface area contributed by atoms with Crippen LogP contribution in [0.4, 0.5) is 8.78 Å². The molecule has 3 aromatic carbocycles. The highest BCUT2D eigenvalue weighted by Crippen LogP contribution is 2.34. The number of rotatable bonds is 4. The van der Waals surface area contributed by atoms with Crippen molar-refractivity contribution < 1.29 is 18.3 Å². The molecule has 1 saturated heterocycles. The van der Waals surface area contributed by atoms with Gasteiger partial charge in [-0.1, -0.05) is 36.4 Å². The molecule has 2 atom stereocenters. The Morgan fingerprint density at radius 3 is 2.81 bits per heavy atom. The van der Waals surface area contributed by atoms with Crippen molar-refractivity contribution in [3.05, 3.63) is 95.3 Å². The number of ether oxygens (including phenoxy) is 1. The van der Waals surface area contributed by atoms with Crippen molar-refractivity contribution in [1.82, 2.24) is 19.8 Å². The normalized spacial score (nSPS) is 20.2. The number of para-hydroxylation sites is 1. The molecule has 1 N–H and O–H groups in total. The molecule has 6 nitrogen and oxygen atoms in total. The summed E-state index contributed by atoms with van der Waals surface area (Å²) in [6, 6.07) is 18.6. The molecule has 4 aromatic rings.